The maximum absolute atomic E-state index is 6.02. The number of rotatable bonds is 1. The zero-order valence-electron chi connectivity index (χ0n) is 10.9. The molecule has 0 saturated carbocycles. The molecule has 2 heterocycles. The van der Waals surface area contributed by atoms with E-state index >= 15 is 0 Å². The Morgan fingerprint density at radius 2 is 1.05 bits per heavy atom. The number of ether oxygens (including phenoxy) is 2. The third-order valence-electron chi connectivity index (χ3n) is 3.62. The number of hydrogen-bond donors (Lipinski definition) is 0. The summed E-state index contributed by atoms with van der Waals surface area (Å²) in [5.41, 5.74) is 2.23. The van der Waals surface area contributed by atoms with Crippen LogP contribution < -0.4 is 9.47 Å². The molecule has 0 fully saturated rings. The van der Waals surface area contributed by atoms with E-state index in [1.54, 1.807) is 0 Å². The van der Waals surface area contributed by atoms with E-state index in [-0.39, 0.29) is 12.2 Å². The third-order valence-corrected chi connectivity index (χ3v) is 3.62. The van der Waals surface area contributed by atoms with Crippen LogP contribution in [0.15, 0.2) is 60.7 Å². The molecule has 0 amide bonds. The van der Waals surface area contributed by atoms with Crippen molar-refractivity contribution < 1.29 is 9.47 Å². The smallest absolute Gasteiger partial charge is 0.158 e. The standard InChI is InChI=1S/C18H14O2/c1-3-7-15-13(5-1)9-11-17(19-15)18-12-10-14-6-2-4-8-16(14)20-18/h1-12,17-18H. The Kier molecular flexibility index (Phi) is 2.59. The van der Waals surface area contributed by atoms with Gasteiger partial charge in [-0.25, -0.2) is 0 Å². The predicted octanol–water partition coefficient (Wildman–Crippen LogP) is 3.94. The van der Waals surface area contributed by atoms with Crippen molar-refractivity contribution in [3.63, 3.8) is 0 Å². The summed E-state index contributed by atoms with van der Waals surface area (Å²) < 4.78 is 12.0. The average molecular weight is 262 g/mol. The minimum absolute atomic E-state index is 0.0884. The summed E-state index contributed by atoms with van der Waals surface area (Å²) in [6.45, 7) is 0. The van der Waals surface area contributed by atoms with E-state index in [4.69, 9.17) is 9.47 Å². The van der Waals surface area contributed by atoms with Crippen LogP contribution in [0.5, 0.6) is 11.5 Å². The lowest BCUT2D eigenvalue weighted by Gasteiger charge is -2.29. The topological polar surface area (TPSA) is 18.5 Å². The van der Waals surface area contributed by atoms with E-state index < -0.39 is 0 Å². The molecule has 0 saturated heterocycles. The van der Waals surface area contributed by atoms with Crippen LogP contribution in [0, 0.1) is 0 Å². The van der Waals surface area contributed by atoms with E-state index in [0.29, 0.717) is 0 Å². The second-order valence-corrected chi connectivity index (χ2v) is 4.96. The minimum Gasteiger partial charge on any atom is -0.481 e. The predicted molar refractivity (Wildman–Crippen MR) is 79.8 cm³/mol. The highest BCUT2D eigenvalue weighted by molar-refractivity contribution is 5.62. The molecular weight excluding hydrogens is 248 g/mol. The fraction of sp³-hybridized carbons (Fsp3) is 0.111. The number of fused-ring (bicyclic) bond motifs is 2. The first kappa shape index (κ1) is 11.4. The molecule has 98 valence electrons. The summed E-state index contributed by atoms with van der Waals surface area (Å²) in [4.78, 5) is 0. The van der Waals surface area contributed by atoms with Gasteiger partial charge < -0.3 is 9.47 Å². The van der Waals surface area contributed by atoms with E-state index in [2.05, 4.69) is 36.4 Å². The second kappa shape index (κ2) is 4.57. The van der Waals surface area contributed by atoms with E-state index in [0.717, 1.165) is 22.6 Å². The molecule has 0 radical (unpaired) electrons. The van der Waals surface area contributed by atoms with Crippen LogP contribution in [0.2, 0.25) is 0 Å². The first-order valence-corrected chi connectivity index (χ1v) is 6.78. The highest BCUT2D eigenvalue weighted by Crippen LogP contribution is 2.31. The zero-order chi connectivity index (χ0) is 13.4. The Bertz CT molecular complexity index is 639. The van der Waals surface area contributed by atoms with Gasteiger partial charge >= 0.3 is 0 Å². The first-order chi connectivity index (χ1) is 9.90. The molecule has 0 bridgehead atoms. The maximum atomic E-state index is 6.02. The van der Waals surface area contributed by atoms with Gasteiger partial charge in [0.25, 0.3) is 0 Å². The Balaban J connectivity index is 1.60. The summed E-state index contributed by atoms with van der Waals surface area (Å²) >= 11 is 0. The minimum atomic E-state index is -0.0884. The molecule has 2 nitrogen and oxygen atoms in total. The van der Waals surface area contributed by atoms with Gasteiger partial charge in [0, 0.05) is 11.1 Å². The van der Waals surface area contributed by atoms with Crippen LogP contribution in [-0.4, -0.2) is 12.2 Å². The van der Waals surface area contributed by atoms with Gasteiger partial charge in [-0.2, -0.15) is 0 Å². The van der Waals surface area contributed by atoms with Crippen LogP contribution in [-0.2, 0) is 0 Å². The molecule has 2 aliphatic rings. The summed E-state index contributed by atoms with van der Waals surface area (Å²) in [7, 11) is 0. The fourth-order valence-electron chi connectivity index (χ4n) is 2.57. The van der Waals surface area contributed by atoms with Crippen molar-refractivity contribution in [2.75, 3.05) is 0 Å². The molecule has 0 aromatic heterocycles. The van der Waals surface area contributed by atoms with Gasteiger partial charge in [0.1, 0.15) is 11.5 Å². The molecule has 0 spiro atoms. The van der Waals surface area contributed by atoms with Crippen molar-refractivity contribution in [2.24, 2.45) is 0 Å². The SMILES string of the molecule is C1=CC(C2C=Cc3ccccc3O2)Oc2ccccc21. The van der Waals surface area contributed by atoms with Crippen molar-refractivity contribution in [1.82, 2.24) is 0 Å². The highest BCUT2D eigenvalue weighted by Gasteiger charge is 2.26. The van der Waals surface area contributed by atoms with Crippen molar-refractivity contribution >= 4 is 12.2 Å². The molecule has 4 rings (SSSR count). The molecule has 0 aliphatic carbocycles. The lowest BCUT2D eigenvalue weighted by atomic mass is 10.0. The molecular formula is C18H14O2. The summed E-state index contributed by atoms with van der Waals surface area (Å²) in [5.74, 6) is 1.83. The van der Waals surface area contributed by atoms with Crippen LogP contribution in [0.4, 0.5) is 0 Å². The third kappa shape index (κ3) is 1.90. The summed E-state index contributed by atoms with van der Waals surface area (Å²) in [5, 5.41) is 0. The Morgan fingerprint density at radius 3 is 1.55 bits per heavy atom. The van der Waals surface area contributed by atoms with Crippen LogP contribution in [0.1, 0.15) is 11.1 Å². The first-order valence-electron chi connectivity index (χ1n) is 6.78. The van der Waals surface area contributed by atoms with Crippen LogP contribution in [0.25, 0.3) is 12.2 Å². The van der Waals surface area contributed by atoms with Gasteiger partial charge in [-0.15, -0.1) is 0 Å². The van der Waals surface area contributed by atoms with E-state index in [1.165, 1.54) is 0 Å². The van der Waals surface area contributed by atoms with Crippen LogP contribution in [0.3, 0.4) is 0 Å². The highest BCUT2D eigenvalue weighted by atomic mass is 16.5. The molecule has 2 aromatic rings. The monoisotopic (exact) mass is 262 g/mol. The van der Waals surface area contributed by atoms with Gasteiger partial charge in [0.2, 0.25) is 0 Å². The van der Waals surface area contributed by atoms with Gasteiger partial charge in [-0.05, 0) is 24.3 Å². The quantitative estimate of drug-likeness (QED) is 0.775. The lowest BCUT2D eigenvalue weighted by molar-refractivity contribution is 0.112. The molecule has 0 N–H and O–H groups in total. The van der Waals surface area contributed by atoms with Crippen LogP contribution >= 0.6 is 0 Å². The summed E-state index contributed by atoms with van der Waals surface area (Å²) in [6.07, 6.45) is 8.14. The maximum Gasteiger partial charge on any atom is 0.158 e. The molecule has 2 aromatic carbocycles. The molecule has 2 atom stereocenters. The van der Waals surface area contributed by atoms with Crippen molar-refractivity contribution in [1.29, 1.82) is 0 Å². The number of para-hydroxylation sites is 2. The largest absolute Gasteiger partial charge is 0.481 e. The molecule has 2 heteroatoms. The lowest BCUT2D eigenvalue weighted by Crippen LogP contribution is -2.35. The van der Waals surface area contributed by atoms with Crippen molar-refractivity contribution in [3.8, 4) is 11.5 Å². The normalized spacial score (nSPS) is 22.4. The number of hydrogen-bond acceptors (Lipinski definition) is 2. The fourth-order valence-corrected chi connectivity index (χ4v) is 2.57. The Labute approximate surface area is 118 Å². The Hall–Kier alpha value is -2.48. The van der Waals surface area contributed by atoms with Gasteiger partial charge in [0.05, 0.1) is 0 Å². The molecule has 20 heavy (non-hydrogen) atoms. The second-order valence-electron chi connectivity index (χ2n) is 4.96. The summed E-state index contributed by atoms with van der Waals surface area (Å²) in [6, 6.07) is 16.1. The van der Waals surface area contributed by atoms with Gasteiger partial charge in [0.15, 0.2) is 12.2 Å². The van der Waals surface area contributed by atoms with E-state index in [9.17, 15) is 0 Å². The van der Waals surface area contributed by atoms with Crippen molar-refractivity contribution in [2.45, 2.75) is 12.2 Å². The van der Waals surface area contributed by atoms with Crippen molar-refractivity contribution in [3.05, 3.63) is 71.8 Å². The molecule has 2 aliphatic heterocycles. The zero-order valence-corrected chi connectivity index (χ0v) is 10.9. The Morgan fingerprint density at radius 1 is 0.600 bits per heavy atom. The van der Waals surface area contributed by atoms with Gasteiger partial charge in [-0.3, -0.25) is 0 Å². The van der Waals surface area contributed by atoms with Gasteiger partial charge in [-0.1, -0.05) is 48.6 Å². The average Bonchev–Trinajstić information content (AvgIpc) is 2.54. The molecule has 2 unspecified atom stereocenters. The number of benzene rings is 2. The van der Waals surface area contributed by atoms with E-state index in [1.807, 2.05) is 36.4 Å².